The molecule has 0 saturated carbocycles. The van der Waals surface area contributed by atoms with Gasteiger partial charge in [0.15, 0.2) is 0 Å². The summed E-state index contributed by atoms with van der Waals surface area (Å²) in [5.74, 6) is 5.06. The molecule has 27 heavy (non-hydrogen) atoms. The first kappa shape index (κ1) is 22.3. The highest BCUT2D eigenvalue weighted by atomic mass is 32.1. The minimum absolute atomic E-state index is 0.0783. The quantitative estimate of drug-likeness (QED) is 0.134. The van der Waals surface area contributed by atoms with Gasteiger partial charge in [0.1, 0.15) is 0 Å². The van der Waals surface area contributed by atoms with Crippen molar-refractivity contribution in [3.63, 3.8) is 0 Å². The monoisotopic (exact) mass is 399 g/mol. The van der Waals surface area contributed by atoms with Crippen molar-refractivity contribution in [1.29, 1.82) is 0 Å². The molecule has 12 heteroatoms. The van der Waals surface area contributed by atoms with Crippen molar-refractivity contribution in [3.8, 4) is 0 Å². The van der Waals surface area contributed by atoms with Gasteiger partial charge in [-0.2, -0.15) is 4.98 Å². The zero-order valence-electron chi connectivity index (χ0n) is 15.1. The third-order valence-corrected chi connectivity index (χ3v) is 3.46. The predicted octanol–water partition coefficient (Wildman–Crippen LogP) is -0.359. The van der Waals surface area contributed by atoms with E-state index in [-0.39, 0.29) is 17.0 Å². The van der Waals surface area contributed by atoms with E-state index in [9.17, 15) is 14.4 Å². The second-order valence-corrected chi connectivity index (χ2v) is 5.94. The van der Waals surface area contributed by atoms with Gasteiger partial charge in [0.25, 0.3) is 10.7 Å². The predicted molar refractivity (Wildman–Crippen MR) is 104 cm³/mol. The molecule has 0 aliphatic rings. The molecule has 1 rings (SSSR count). The molecule has 0 aliphatic heterocycles. The van der Waals surface area contributed by atoms with Gasteiger partial charge in [-0.05, 0) is 38.4 Å². The second-order valence-electron chi connectivity index (χ2n) is 5.57. The fourth-order valence-corrected chi connectivity index (χ4v) is 2.08. The van der Waals surface area contributed by atoms with E-state index in [0.717, 1.165) is 0 Å². The minimum atomic E-state index is -0.460. The average Bonchev–Trinajstić information content (AvgIpc) is 2.60. The van der Waals surface area contributed by atoms with Crippen molar-refractivity contribution in [2.75, 3.05) is 25.0 Å². The molecule has 0 bridgehead atoms. The van der Waals surface area contributed by atoms with Crippen LogP contribution in [0, 0.1) is 6.92 Å². The fourth-order valence-electron chi connectivity index (χ4n) is 2.00. The van der Waals surface area contributed by atoms with E-state index >= 15 is 0 Å². The van der Waals surface area contributed by atoms with E-state index in [1.165, 1.54) is 6.07 Å². The van der Waals surface area contributed by atoms with Crippen molar-refractivity contribution in [3.05, 3.63) is 22.1 Å². The number of hydrogen-bond acceptors (Lipinski definition) is 7. The van der Waals surface area contributed by atoms with Crippen LogP contribution < -0.4 is 32.8 Å². The molecule has 0 saturated heterocycles. The Hall–Kier alpha value is -2.73. The number of aromatic amines is 1. The number of hydrazine groups is 1. The summed E-state index contributed by atoms with van der Waals surface area (Å²) in [5.41, 5.74) is 2.36. The number of nitrogens with zero attached hydrogens (tertiary/aromatic N) is 1. The van der Waals surface area contributed by atoms with Gasteiger partial charge in [-0.3, -0.25) is 20.3 Å². The number of unbranched alkanes of at least 4 members (excludes halogenated alkanes) is 1. The van der Waals surface area contributed by atoms with E-state index in [1.54, 1.807) is 6.92 Å². The Bertz CT molecular complexity index is 695. The summed E-state index contributed by atoms with van der Waals surface area (Å²) < 4.78 is 5.02. The molecule has 0 fully saturated rings. The first-order valence-electron chi connectivity index (χ1n) is 8.43. The molecule has 0 atom stereocenters. The molecular weight excluding hydrogens is 374 g/mol. The number of aromatic nitrogens is 2. The highest BCUT2D eigenvalue weighted by molar-refractivity contribution is 7.80. The Kier molecular flexibility index (Phi) is 10.4. The van der Waals surface area contributed by atoms with Crippen LogP contribution in [-0.2, 0) is 9.53 Å². The van der Waals surface area contributed by atoms with Gasteiger partial charge in [-0.1, -0.05) is 0 Å². The molecule has 7 N–H and O–H groups in total. The number of carbonyl (C=O) groups excluding carboxylic acids is 2. The molecule has 0 spiro atoms. The number of hydrogen-bond donors (Lipinski definition) is 6. The molecule has 150 valence electrons. The summed E-state index contributed by atoms with van der Waals surface area (Å²) in [5, 5.41) is 7.97. The highest BCUT2D eigenvalue weighted by Gasteiger charge is 2.04. The number of nitrogens with two attached hydrogens (primary N) is 1. The van der Waals surface area contributed by atoms with Crippen molar-refractivity contribution in [1.82, 2.24) is 26.0 Å². The van der Waals surface area contributed by atoms with Crippen molar-refractivity contribution >= 4 is 35.3 Å². The first-order chi connectivity index (χ1) is 12.9. The van der Waals surface area contributed by atoms with Crippen LogP contribution in [0.3, 0.4) is 0 Å². The summed E-state index contributed by atoms with van der Waals surface area (Å²) in [6, 6.07) is 0.869. The zero-order chi connectivity index (χ0) is 20.1. The molecule has 0 aliphatic carbocycles. The number of aryl methyl sites for hydroxylation is 1. The first-order valence-corrected chi connectivity index (χ1v) is 8.84. The SMILES string of the molecule is Cc1cc(=O)nc(NC(=O)NCCCCNC(=O)CCCOC(=S)NN)[nH]1. The summed E-state index contributed by atoms with van der Waals surface area (Å²) >= 11 is 4.70. The lowest BCUT2D eigenvalue weighted by Gasteiger charge is -2.08. The van der Waals surface area contributed by atoms with Gasteiger partial charge in [0, 0.05) is 31.3 Å². The highest BCUT2D eigenvalue weighted by Crippen LogP contribution is 1.96. The van der Waals surface area contributed by atoms with Crippen LogP contribution in [0.15, 0.2) is 10.9 Å². The lowest BCUT2D eigenvalue weighted by molar-refractivity contribution is -0.121. The molecular formula is C15H25N7O4S. The molecule has 1 aromatic rings. The van der Waals surface area contributed by atoms with Gasteiger partial charge in [-0.15, -0.1) is 0 Å². The lowest BCUT2D eigenvalue weighted by Crippen LogP contribution is -2.32. The molecule has 0 unspecified atom stereocenters. The Morgan fingerprint density at radius 1 is 1.26 bits per heavy atom. The summed E-state index contributed by atoms with van der Waals surface area (Å²) in [6.45, 7) is 2.95. The van der Waals surface area contributed by atoms with Crippen molar-refractivity contribution in [2.45, 2.75) is 32.6 Å². The topological polar surface area (TPSA) is 163 Å². The molecule has 1 heterocycles. The second kappa shape index (κ2) is 12.6. The maximum atomic E-state index is 11.7. The minimum Gasteiger partial charge on any atom is -0.470 e. The number of anilines is 1. The molecule has 1 aromatic heterocycles. The number of nitrogens with one attached hydrogen (secondary N) is 5. The van der Waals surface area contributed by atoms with Gasteiger partial charge in [-0.25, -0.2) is 10.6 Å². The number of rotatable bonds is 10. The third-order valence-electron chi connectivity index (χ3n) is 3.22. The van der Waals surface area contributed by atoms with Gasteiger partial charge in [0.05, 0.1) is 6.61 Å². The number of urea groups is 1. The van der Waals surface area contributed by atoms with Crippen LogP contribution in [-0.4, -0.2) is 46.8 Å². The Labute approximate surface area is 161 Å². The smallest absolute Gasteiger partial charge is 0.321 e. The van der Waals surface area contributed by atoms with Gasteiger partial charge >= 0.3 is 6.03 Å². The summed E-state index contributed by atoms with van der Waals surface area (Å²) in [6.07, 6.45) is 2.26. The van der Waals surface area contributed by atoms with Gasteiger partial charge < -0.3 is 20.4 Å². The fraction of sp³-hybridized carbons (Fsp3) is 0.533. The van der Waals surface area contributed by atoms with E-state index in [2.05, 4.69) is 31.3 Å². The summed E-state index contributed by atoms with van der Waals surface area (Å²) in [4.78, 5) is 41.0. The van der Waals surface area contributed by atoms with Crippen LogP contribution in [0.25, 0.3) is 0 Å². The Morgan fingerprint density at radius 3 is 2.63 bits per heavy atom. The van der Waals surface area contributed by atoms with Gasteiger partial charge in [0.2, 0.25) is 11.9 Å². The van der Waals surface area contributed by atoms with E-state index in [1.807, 2.05) is 0 Å². The van der Waals surface area contributed by atoms with Crippen molar-refractivity contribution < 1.29 is 14.3 Å². The van der Waals surface area contributed by atoms with Crippen LogP contribution in [0.2, 0.25) is 0 Å². The average molecular weight is 399 g/mol. The number of H-pyrrole nitrogens is 1. The Balaban J connectivity index is 2.04. The van der Waals surface area contributed by atoms with Crippen molar-refractivity contribution in [2.24, 2.45) is 5.84 Å². The van der Waals surface area contributed by atoms with E-state index in [4.69, 9.17) is 22.8 Å². The van der Waals surface area contributed by atoms with E-state index in [0.29, 0.717) is 51.1 Å². The molecule has 0 radical (unpaired) electrons. The molecule has 3 amide bonds. The normalized spacial score (nSPS) is 10.0. The maximum absolute atomic E-state index is 11.7. The number of amides is 3. The molecule has 0 aromatic carbocycles. The summed E-state index contributed by atoms with van der Waals surface area (Å²) in [7, 11) is 0. The number of ether oxygens (including phenoxy) is 1. The van der Waals surface area contributed by atoms with Crippen LogP contribution in [0.1, 0.15) is 31.4 Å². The Morgan fingerprint density at radius 2 is 1.96 bits per heavy atom. The largest absolute Gasteiger partial charge is 0.470 e. The molecule has 11 nitrogen and oxygen atoms in total. The standard InChI is InChI=1S/C15H25N7O4S/c1-10-9-12(24)20-13(19-10)21-14(25)18-7-3-2-6-17-11(23)5-4-8-26-15(27)22-16/h9H,2-8,16H2,1H3,(H,17,23)(H,22,27)(H3,18,19,20,21,24,25). The maximum Gasteiger partial charge on any atom is 0.321 e. The van der Waals surface area contributed by atoms with Crippen LogP contribution in [0.4, 0.5) is 10.7 Å². The number of carbonyl (C=O) groups is 2. The third kappa shape index (κ3) is 10.8. The number of thiocarbonyl (C=S) groups is 1. The van der Waals surface area contributed by atoms with E-state index < -0.39 is 11.6 Å². The zero-order valence-corrected chi connectivity index (χ0v) is 15.9. The lowest BCUT2D eigenvalue weighted by atomic mass is 10.3. The van der Waals surface area contributed by atoms with Crippen LogP contribution >= 0.6 is 12.2 Å². The van der Waals surface area contributed by atoms with Crippen LogP contribution in [0.5, 0.6) is 0 Å².